The summed E-state index contributed by atoms with van der Waals surface area (Å²) >= 11 is 0. The summed E-state index contributed by atoms with van der Waals surface area (Å²) in [5, 5.41) is 2.63. The smallest absolute Gasteiger partial charge is 0.412 e. The number of nitrogens with two attached hydrogens (primary N) is 1. The quantitative estimate of drug-likeness (QED) is 0.887. The Hall–Kier alpha value is -1.69. The molecule has 0 aliphatic rings. The molecule has 124 valence electrons. The third-order valence-corrected chi connectivity index (χ3v) is 3.02. The van der Waals surface area contributed by atoms with Crippen LogP contribution in [-0.4, -0.2) is 23.7 Å². The second-order valence-electron chi connectivity index (χ2n) is 6.76. The molecule has 0 spiro atoms. The van der Waals surface area contributed by atoms with E-state index in [-0.39, 0.29) is 6.42 Å². The van der Waals surface area contributed by atoms with E-state index in [2.05, 4.69) is 5.32 Å². The SMILES string of the molecule is Cc1ccc(CC(C)(N)C(F)F)cc1NC(=O)OC(C)(C)C. The number of nitrogens with one attached hydrogen (secondary N) is 1. The van der Waals surface area contributed by atoms with E-state index >= 15 is 0 Å². The van der Waals surface area contributed by atoms with E-state index in [4.69, 9.17) is 10.5 Å². The predicted octanol–water partition coefficient (Wildman–Crippen LogP) is 3.87. The van der Waals surface area contributed by atoms with E-state index < -0.39 is 23.7 Å². The number of benzene rings is 1. The number of aryl methyl sites for hydroxylation is 1. The first kappa shape index (κ1) is 18.4. The highest BCUT2D eigenvalue weighted by molar-refractivity contribution is 5.86. The molecule has 0 fully saturated rings. The van der Waals surface area contributed by atoms with E-state index in [1.807, 2.05) is 6.92 Å². The number of carbonyl (C=O) groups excluding carboxylic acids is 1. The largest absolute Gasteiger partial charge is 0.444 e. The number of amides is 1. The molecule has 0 bridgehead atoms. The number of hydrogen-bond acceptors (Lipinski definition) is 3. The van der Waals surface area contributed by atoms with E-state index in [1.165, 1.54) is 6.92 Å². The van der Waals surface area contributed by atoms with Crippen LogP contribution in [0.5, 0.6) is 0 Å². The van der Waals surface area contributed by atoms with Gasteiger partial charge in [0, 0.05) is 5.69 Å². The summed E-state index contributed by atoms with van der Waals surface area (Å²) in [6, 6.07) is 5.12. The molecule has 1 unspecified atom stereocenters. The molecular formula is C16H24F2N2O2. The third kappa shape index (κ3) is 5.60. The Morgan fingerprint density at radius 3 is 2.41 bits per heavy atom. The summed E-state index contributed by atoms with van der Waals surface area (Å²) < 4.78 is 30.9. The van der Waals surface area contributed by atoms with Gasteiger partial charge in [0.2, 0.25) is 0 Å². The standard InChI is InChI=1S/C16H24F2N2O2/c1-10-6-7-11(9-16(5,19)13(17)18)8-12(10)20-14(21)22-15(2,3)4/h6-8,13H,9,19H2,1-5H3,(H,20,21). The van der Waals surface area contributed by atoms with Gasteiger partial charge in [-0.05, 0) is 58.2 Å². The van der Waals surface area contributed by atoms with Gasteiger partial charge in [-0.15, -0.1) is 0 Å². The monoisotopic (exact) mass is 314 g/mol. The first-order valence-corrected chi connectivity index (χ1v) is 7.07. The lowest BCUT2D eigenvalue weighted by Gasteiger charge is -2.24. The van der Waals surface area contributed by atoms with Crippen LogP contribution in [-0.2, 0) is 11.2 Å². The van der Waals surface area contributed by atoms with Crippen LogP contribution < -0.4 is 11.1 Å². The van der Waals surface area contributed by atoms with Crippen molar-refractivity contribution in [1.82, 2.24) is 0 Å². The first-order chi connectivity index (χ1) is 9.90. The Labute approximate surface area is 130 Å². The summed E-state index contributed by atoms with van der Waals surface area (Å²) in [7, 11) is 0. The van der Waals surface area contributed by atoms with Crippen LogP contribution >= 0.6 is 0 Å². The van der Waals surface area contributed by atoms with Gasteiger partial charge < -0.3 is 10.5 Å². The van der Waals surface area contributed by atoms with Crippen LogP contribution in [0.4, 0.5) is 19.3 Å². The van der Waals surface area contributed by atoms with Gasteiger partial charge in [-0.2, -0.15) is 0 Å². The lowest BCUT2D eigenvalue weighted by Crippen LogP contribution is -2.45. The summed E-state index contributed by atoms with van der Waals surface area (Å²) in [6.45, 7) is 8.40. The second kappa shape index (κ2) is 6.60. The Morgan fingerprint density at radius 1 is 1.32 bits per heavy atom. The van der Waals surface area contributed by atoms with Crippen molar-refractivity contribution in [2.75, 3.05) is 5.32 Å². The summed E-state index contributed by atoms with van der Waals surface area (Å²) in [5.41, 5.74) is 5.34. The molecule has 0 saturated carbocycles. The topological polar surface area (TPSA) is 64.3 Å². The fraction of sp³-hybridized carbons (Fsp3) is 0.562. The molecule has 0 aromatic heterocycles. The summed E-state index contributed by atoms with van der Waals surface area (Å²) in [4.78, 5) is 11.8. The van der Waals surface area contributed by atoms with Crippen molar-refractivity contribution in [3.63, 3.8) is 0 Å². The highest BCUT2D eigenvalue weighted by atomic mass is 19.3. The summed E-state index contributed by atoms with van der Waals surface area (Å²) in [6.07, 6.45) is -3.21. The number of halogens is 2. The van der Waals surface area contributed by atoms with Gasteiger partial charge in [-0.25, -0.2) is 13.6 Å². The van der Waals surface area contributed by atoms with Gasteiger partial charge in [0.15, 0.2) is 0 Å². The van der Waals surface area contributed by atoms with Crippen LogP contribution in [0.25, 0.3) is 0 Å². The average molecular weight is 314 g/mol. The van der Waals surface area contributed by atoms with Crippen LogP contribution in [0, 0.1) is 6.92 Å². The highest BCUT2D eigenvalue weighted by Crippen LogP contribution is 2.23. The Kier molecular flexibility index (Phi) is 5.51. The zero-order valence-electron chi connectivity index (χ0n) is 13.7. The van der Waals surface area contributed by atoms with Gasteiger partial charge in [0.25, 0.3) is 6.43 Å². The van der Waals surface area contributed by atoms with E-state index in [0.717, 1.165) is 5.56 Å². The minimum Gasteiger partial charge on any atom is -0.444 e. The van der Waals surface area contributed by atoms with Crippen LogP contribution in [0.2, 0.25) is 0 Å². The molecular weight excluding hydrogens is 290 g/mol. The molecule has 6 heteroatoms. The number of hydrogen-bond donors (Lipinski definition) is 2. The molecule has 0 aliphatic heterocycles. The highest BCUT2D eigenvalue weighted by Gasteiger charge is 2.30. The summed E-state index contributed by atoms with van der Waals surface area (Å²) in [5.74, 6) is 0. The molecule has 0 radical (unpaired) electrons. The molecule has 1 rings (SSSR count). The number of anilines is 1. The van der Waals surface area contributed by atoms with Crippen molar-refractivity contribution >= 4 is 11.8 Å². The van der Waals surface area contributed by atoms with Gasteiger partial charge in [0.1, 0.15) is 5.60 Å². The lowest BCUT2D eigenvalue weighted by molar-refractivity contribution is 0.0630. The molecule has 0 aliphatic carbocycles. The molecule has 0 saturated heterocycles. The van der Waals surface area contributed by atoms with Gasteiger partial charge in [-0.3, -0.25) is 5.32 Å². The molecule has 0 heterocycles. The minimum absolute atomic E-state index is 0.00788. The van der Waals surface area contributed by atoms with Gasteiger partial charge >= 0.3 is 6.09 Å². The van der Waals surface area contributed by atoms with Crippen molar-refractivity contribution in [3.8, 4) is 0 Å². The van der Waals surface area contributed by atoms with Crippen molar-refractivity contribution in [2.24, 2.45) is 5.73 Å². The number of carbonyl (C=O) groups is 1. The van der Waals surface area contributed by atoms with Crippen molar-refractivity contribution in [1.29, 1.82) is 0 Å². The van der Waals surface area contributed by atoms with Crippen molar-refractivity contribution in [2.45, 2.75) is 58.6 Å². The number of ether oxygens (including phenoxy) is 1. The molecule has 1 aromatic rings. The zero-order chi connectivity index (χ0) is 17.1. The fourth-order valence-electron chi connectivity index (χ4n) is 1.84. The molecule has 1 amide bonds. The minimum atomic E-state index is -2.63. The third-order valence-electron chi connectivity index (χ3n) is 3.02. The number of alkyl halides is 2. The lowest BCUT2D eigenvalue weighted by atomic mass is 9.93. The Morgan fingerprint density at radius 2 is 1.91 bits per heavy atom. The maximum Gasteiger partial charge on any atom is 0.412 e. The average Bonchev–Trinajstić information content (AvgIpc) is 2.30. The molecule has 3 N–H and O–H groups in total. The molecule has 4 nitrogen and oxygen atoms in total. The maximum atomic E-state index is 12.9. The van der Waals surface area contributed by atoms with E-state index in [0.29, 0.717) is 11.3 Å². The van der Waals surface area contributed by atoms with Gasteiger partial charge in [0.05, 0.1) is 5.54 Å². The van der Waals surface area contributed by atoms with E-state index in [1.54, 1.807) is 39.0 Å². The molecule has 1 atom stereocenters. The number of rotatable bonds is 4. The predicted molar refractivity (Wildman–Crippen MR) is 83.3 cm³/mol. The zero-order valence-corrected chi connectivity index (χ0v) is 13.7. The second-order valence-corrected chi connectivity index (χ2v) is 6.76. The van der Waals surface area contributed by atoms with Crippen molar-refractivity contribution < 1.29 is 18.3 Å². The fourth-order valence-corrected chi connectivity index (χ4v) is 1.84. The molecule has 1 aromatic carbocycles. The van der Waals surface area contributed by atoms with Crippen LogP contribution in [0.15, 0.2) is 18.2 Å². The van der Waals surface area contributed by atoms with Gasteiger partial charge in [-0.1, -0.05) is 12.1 Å². The maximum absolute atomic E-state index is 12.9. The Bertz CT molecular complexity index is 537. The van der Waals surface area contributed by atoms with Crippen molar-refractivity contribution in [3.05, 3.63) is 29.3 Å². The van der Waals surface area contributed by atoms with E-state index in [9.17, 15) is 13.6 Å². The normalized spacial score (nSPS) is 14.6. The van der Waals surface area contributed by atoms with Crippen LogP contribution in [0.1, 0.15) is 38.8 Å². The first-order valence-electron chi connectivity index (χ1n) is 7.07. The molecule has 22 heavy (non-hydrogen) atoms. The Balaban J connectivity index is 2.89. The van der Waals surface area contributed by atoms with Crippen LogP contribution in [0.3, 0.4) is 0 Å².